The number of imide groups is 1. The standard InChI is InChI=1S/C51H60N10O9S/c1-33-28-53-49(58-46(33)55-38-7-5-8-40(27-38)71(66,67)59-51(2,3)4)56-37-14-16-39(17-15-37)69-24-6-21-52-50(65)54-29-36-13-18-41-42(31-61(48(41)64)43-19-20-44(62)57-47(43)63)45(36)70-32-35-11-9-34(10-12-35)30-60-22-25-68-26-23-60/h5,7-18,27-28,43,59H,6,19-26,29-32H2,1-4H3,(H2,52,54,65)(H,57,62,63)(H2,53,55,56,58)/t43-/m0/s1. The quantitative estimate of drug-likeness (QED) is 0.0425. The van der Waals surface area contributed by atoms with E-state index < -0.39 is 33.5 Å². The first kappa shape index (κ1) is 50.3. The number of anilines is 4. The van der Waals surface area contributed by atoms with Crippen molar-refractivity contribution in [3.63, 3.8) is 0 Å². The van der Waals surface area contributed by atoms with Gasteiger partial charge in [-0.15, -0.1) is 0 Å². The van der Waals surface area contributed by atoms with Crippen LogP contribution in [0.4, 0.5) is 27.9 Å². The Labute approximate surface area is 413 Å². The molecule has 71 heavy (non-hydrogen) atoms. The molecule has 8 rings (SSSR count). The van der Waals surface area contributed by atoms with Crippen LogP contribution in [-0.2, 0) is 50.6 Å². The molecule has 0 spiro atoms. The number of fused-ring (bicyclic) bond motifs is 1. The molecule has 1 aromatic heterocycles. The number of benzene rings is 4. The molecular weight excluding hydrogens is 929 g/mol. The zero-order valence-corrected chi connectivity index (χ0v) is 41.1. The van der Waals surface area contributed by atoms with Crippen molar-refractivity contribution in [1.29, 1.82) is 0 Å². The average molecular weight is 989 g/mol. The summed E-state index contributed by atoms with van der Waals surface area (Å²) in [5, 5.41) is 14.5. The van der Waals surface area contributed by atoms with Crippen LogP contribution in [0.1, 0.15) is 78.2 Å². The Morgan fingerprint density at radius 1 is 0.901 bits per heavy atom. The van der Waals surface area contributed by atoms with Crippen molar-refractivity contribution < 1.29 is 41.8 Å². The van der Waals surface area contributed by atoms with Gasteiger partial charge in [0.1, 0.15) is 30.0 Å². The van der Waals surface area contributed by atoms with E-state index in [-0.39, 0.29) is 49.2 Å². The molecule has 6 N–H and O–H groups in total. The summed E-state index contributed by atoms with van der Waals surface area (Å²) in [5.41, 5.74) is 5.21. The van der Waals surface area contributed by atoms with Gasteiger partial charge in [-0.05, 0) is 100 Å². The summed E-state index contributed by atoms with van der Waals surface area (Å²) in [5.74, 6) is 0.772. The Morgan fingerprint density at radius 3 is 2.41 bits per heavy atom. The van der Waals surface area contributed by atoms with Crippen LogP contribution in [0.3, 0.4) is 0 Å². The highest BCUT2D eigenvalue weighted by Crippen LogP contribution is 2.37. The molecular formula is C51H60N10O9S. The van der Waals surface area contributed by atoms with Gasteiger partial charge in [-0.25, -0.2) is 22.9 Å². The molecule has 4 aromatic carbocycles. The third kappa shape index (κ3) is 13.4. The van der Waals surface area contributed by atoms with Crippen LogP contribution < -0.4 is 40.8 Å². The van der Waals surface area contributed by atoms with Gasteiger partial charge < -0.3 is 40.4 Å². The number of amides is 5. The van der Waals surface area contributed by atoms with Crippen molar-refractivity contribution in [1.82, 2.24) is 40.4 Å². The fourth-order valence-corrected chi connectivity index (χ4v) is 9.79. The van der Waals surface area contributed by atoms with Gasteiger partial charge in [-0.3, -0.25) is 24.6 Å². The molecule has 1 atom stereocenters. The molecule has 5 aromatic rings. The van der Waals surface area contributed by atoms with Crippen molar-refractivity contribution >= 4 is 56.9 Å². The van der Waals surface area contributed by atoms with Crippen LogP contribution in [0, 0.1) is 6.92 Å². The fraction of sp³-hybridized carbons (Fsp3) is 0.373. The molecule has 2 fully saturated rings. The number of piperidine rings is 1. The van der Waals surface area contributed by atoms with Crippen molar-refractivity contribution in [2.24, 2.45) is 0 Å². The van der Waals surface area contributed by atoms with Gasteiger partial charge in [0.25, 0.3) is 5.91 Å². The minimum absolute atomic E-state index is 0.109. The maximum atomic E-state index is 13.7. The summed E-state index contributed by atoms with van der Waals surface area (Å²) in [6, 6.07) is 24.3. The molecule has 374 valence electrons. The van der Waals surface area contributed by atoms with E-state index in [1.54, 1.807) is 57.3 Å². The van der Waals surface area contributed by atoms with E-state index in [9.17, 15) is 27.6 Å². The lowest BCUT2D eigenvalue weighted by atomic mass is 10.0. The average Bonchev–Trinajstić information content (AvgIpc) is 3.67. The zero-order chi connectivity index (χ0) is 50.1. The Balaban J connectivity index is 0.817. The first-order chi connectivity index (χ1) is 34.1. The Morgan fingerprint density at radius 2 is 1.66 bits per heavy atom. The predicted octanol–water partition coefficient (Wildman–Crippen LogP) is 5.79. The second kappa shape index (κ2) is 22.3. The van der Waals surface area contributed by atoms with Gasteiger partial charge >= 0.3 is 6.03 Å². The number of aromatic nitrogens is 2. The summed E-state index contributed by atoms with van der Waals surface area (Å²) in [6.07, 6.45) is 2.57. The van der Waals surface area contributed by atoms with E-state index in [1.165, 1.54) is 16.5 Å². The number of carbonyl (C=O) groups excluding carboxylic acids is 4. The first-order valence-corrected chi connectivity index (χ1v) is 25.1. The van der Waals surface area contributed by atoms with Gasteiger partial charge in [0, 0.05) is 84.5 Å². The number of hydrogen-bond acceptors (Lipinski definition) is 14. The van der Waals surface area contributed by atoms with Gasteiger partial charge in [0.15, 0.2) is 0 Å². The SMILES string of the molecule is Cc1cnc(Nc2ccc(OCCCNC(=O)NCc3ccc4c(c3OCc3ccc(CN5CCOCC5)cc3)CN([C@H]3CCC(=O)NC3=O)C4=O)cc2)nc1Nc1cccc(S(=O)(=O)NC(C)(C)C)c1. The molecule has 4 heterocycles. The molecule has 20 heteroatoms. The van der Waals surface area contributed by atoms with Crippen LogP contribution in [-0.4, -0.2) is 103 Å². The lowest BCUT2D eigenvalue weighted by Gasteiger charge is -2.29. The fourth-order valence-electron chi connectivity index (χ4n) is 8.33. The molecule has 0 aliphatic carbocycles. The van der Waals surface area contributed by atoms with E-state index in [0.29, 0.717) is 65.2 Å². The Bertz CT molecular complexity index is 2850. The normalized spacial score (nSPS) is 16.3. The maximum Gasteiger partial charge on any atom is 0.315 e. The second-order valence-corrected chi connectivity index (χ2v) is 20.4. The maximum absolute atomic E-state index is 13.7. The minimum atomic E-state index is -3.73. The Kier molecular flexibility index (Phi) is 15.8. The van der Waals surface area contributed by atoms with Crippen LogP contribution in [0.25, 0.3) is 0 Å². The molecule has 0 bridgehead atoms. The van der Waals surface area contributed by atoms with Crippen molar-refractivity contribution in [2.75, 3.05) is 50.1 Å². The number of aryl methyl sites for hydroxylation is 1. The van der Waals surface area contributed by atoms with Crippen LogP contribution in [0.5, 0.6) is 11.5 Å². The second-order valence-electron chi connectivity index (χ2n) is 18.7. The Hall–Kier alpha value is -7.13. The van der Waals surface area contributed by atoms with Crippen molar-refractivity contribution in [3.8, 4) is 11.5 Å². The molecule has 19 nitrogen and oxygen atoms in total. The monoisotopic (exact) mass is 988 g/mol. The smallest absolute Gasteiger partial charge is 0.315 e. The number of morpholine rings is 1. The summed E-state index contributed by atoms with van der Waals surface area (Å²) in [7, 11) is -3.73. The highest BCUT2D eigenvalue weighted by atomic mass is 32.2. The lowest BCUT2D eigenvalue weighted by molar-refractivity contribution is -0.136. The molecule has 0 unspecified atom stereocenters. The molecule has 3 aliphatic rings. The highest BCUT2D eigenvalue weighted by Gasteiger charge is 2.41. The van der Waals surface area contributed by atoms with Gasteiger partial charge in [0.05, 0.1) is 31.3 Å². The van der Waals surface area contributed by atoms with Gasteiger partial charge in [0.2, 0.25) is 27.8 Å². The number of rotatable bonds is 19. The number of sulfonamides is 1. The summed E-state index contributed by atoms with van der Waals surface area (Å²) >= 11 is 0. The molecule has 5 amide bonds. The summed E-state index contributed by atoms with van der Waals surface area (Å²) < 4.78 is 46.4. The highest BCUT2D eigenvalue weighted by molar-refractivity contribution is 7.89. The first-order valence-electron chi connectivity index (χ1n) is 23.6. The largest absolute Gasteiger partial charge is 0.494 e. The number of hydrogen-bond donors (Lipinski definition) is 6. The van der Waals surface area contributed by atoms with Gasteiger partial charge in [-0.1, -0.05) is 36.4 Å². The topological polar surface area (TPSA) is 235 Å². The third-order valence-corrected chi connectivity index (χ3v) is 13.7. The van der Waals surface area contributed by atoms with E-state index in [0.717, 1.165) is 49.7 Å². The number of carbonyl (C=O) groups is 4. The summed E-state index contributed by atoms with van der Waals surface area (Å²) in [6.45, 7) is 12.4. The van der Waals surface area contributed by atoms with E-state index in [4.69, 9.17) is 14.2 Å². The van der Waals surface area contributed by atoms with Crippen molar-refractivity contribution in [3.05, 3.63) is 125 Å². The zero-order valence-electron chi connectivity index (χ0n) is 40.3. The van der Waals surface area contributed by atoms with Crippen molar-refractivity contribution in [2.45, 2.75) is 89.7 Å². The third-order valence-electron chi connectivity index (χ3n) is 11.9. The number of urea groups is 1. The van der Waals surface area contributed by atoms with Crippen LogP contribution >= 0.6 is 0 Å². The molecule has 2 saturated heterocycles. The van der Waals surface area contributed by atoms with Crippen LogP contribution in [0.15, 0.2) is 96.0 Å². The van der Waals surface area contributed by atoms with E-state index >= 15 is 0 Å². The number of nitrogens with zero attached hydrogens (tertiary/aromatic N) is 4. The van der Waals surface area contributed by atoms with E-state index in [2.05, 4.69) is 58.3 Å². The molecule has 0 saturated carbocycles. The molecule has 0 radical (unpaired) electrons. The number of nitrogens with one attached hydrogen (secondary N) is 6. The van der Waals surface area contributed by atoms with E-state index in [1.807, 2.05) is 43.3 Å². The van der Waals surface area contributed by atoms with Gasteiger partial charge in [-0.2, -0.15) is 4.98 Å². The number of ether oxygens (including phenoxy) is 3. The minimum Gasteiger partial charge on any atom is -0.494 e. The molecule has 3 aliphatic heterocycles. The lowest BCUT2D eigenvalue weighted by Crippen LogP contribution is -2.52. The summed E-state index contributed by atoms with van der Waals surface area (Å²) in [4.78, 5) is 64.4. The van der Waals surface area contributed by atoms with Crippen LogP contribution in [0.2, 0.25) is 0 Å². The predicted molar refractivity (Wildman–Crippen MR) is 266 cm³/mol.